The number of hydrogen-bond donors (Lipinski definition) is 2. The first kappa shape index (κ1) is 12.8. The molecule has 0 radical (unpaired) electrons. The van der Waals surface area contributed by atoms with Gasteiger partial charge in [-0.2, -0.15) is 0 Å². The lowest BCUT2D eigenvalue weighted by atomic mass is 10.1. The molecule has 0 spiro atoms. The molecule has 2 aliphatic rings. The van der Waals surface area contributed by atoms with Crippen LogP contribution in [0.1, 0.15) is 32.1 Å². The van der Waals surface area contributed by atoms with E-state index < -0.39 is 0 Å². The number of carbonyl (C=O) groups excluding carboxylic acids is 1. The minimum Gasteiger partial charge on any atom is -0.355 e. The van der Waals surface area contributed by atoms with E-state index >= 15 is 0 Å². The fraction of sp³-hybridized carbons (Fsp3) is 0.923. The van der Waals surface area contributed by atoms with E-state index in [0.717, 1.165) is 32.0 Å². The van der Waals surface area contributed by atoms with E-state index in [2.05, 4.69) is 22.6 Å². The molecule has 1 saturated heterocycles. The van der Waals surface area contributed by atoms with Crippen LogP contribution in [-0.2, 0) is 4.79 Å². The Morgan fingerprint density at radius 2 is 2.12 bits per heavy atom. The summed E-state index contributed by atoms with van der Waals surface area (Å²) in [6.45, 7) is 3.65. The Balaban J connectivity index is 1.66. The average molecular weight is 239 g/mol. The van der Waals surface area contributed by atoms with E-state index in [1.807, 2.05) is 0 Å². The van der Waals surface area contributed by atoms with Gasteiger partial charge >= 0.3 is 0 Å². The fourth-order valence-electron chi connectivity index (χ4n) is 2.43. The summed E-state index contributed by atoms with van der Waals surface area (Å²) in [6, 6.07) is 0.566. The quantitative estimate of drug-likeness (QED) is 0.738. The molecule has 2 N–H and O–H groups in total. The van der Waals surface area contributed by atoms with Crippen LogP contribution in [0.4, 0.5) is 0 Å². The molecule has 0 aromatic rings. The number of nitrogens with zero attached hydrogens (tertiary/aromatic N) is 1. The largest absolute Gasteiger partial charge is 0.355 e. The number of carbonyl (C=O) groups is 1. The predicted molar refractivity (Wildman–Crippen MR) is 68.9 cm³/mol. The summed E-state index contributed by atoms with van der Waals surface area (Å²) < 4.78 is 0. The molecular weight excluding hydrogens is 214 g/mol. The highest BCUT2D eigenvalue weighted by atomic mass is 16.2. The van der Waals surface area contributed by atoms with Crippen molar-refractivity contribution >= 4 is 5.91 Å². The lowest BCUT2D eigenvalue weighted by Gasteiger charge is -2.26. The van der Waals surface area contributed by atoms with Gasteiger partial charge in [0.2, 0.25) is 5.91 Å². The number of hydrogen-bond acceptors (Lipinski definition) is 3. The zero-order valence-corrected chi connectivity index (χ0v) is 10.9. The zero-order valence-electron chi connectivity index (χ0n) is 10.9. The minimum absolute atomic E-state index is 0.191. The fourth-order valence-corrected chi connectivity index (χ4v) is 2.43. The molecule has 1 amide bonds. The van der Waals surface area contributed by atoms with E-state index in [1.54, 1.807) is 0 Å². The summed E-state index contributed by atoms with van der Waals surface area (Å²) in [7, 11) is 2.08. The van der Waals surface area contributed by atoms with Crippen LogP contribution in [0.15, 0.2) is 0 Å². The molecule has 1 heterocycles. The predicted octanol–water partition coefficient (Wildman–Crippen LogP) is 0.587. The van der Waals surface area contributed by atoms with Crippen LogP contribution in [0.2, 0.25) is 0 Å². The summed E-state index contributed by atoms with van der Waals surface area (Å²) in [5.41, 5.74) is 0. The maximum absolute atomic E-state index is 11.7. The first-order valence-corrected chi connectivity index (χ1v) is 6.93. The van der Waals surface area contributed by atoms with Gasteiger partial charge in [-0.25, -0.2) is 0 Å². The normalized spacial score (nSPS) is 25.6. The molecule has 98 valence electrons. The molecule has 4 nitrogen and oxygen atoms in total. The molecule has 1 atom stereocenters. The molecule has 2 rings (SSSR count). The molecule has 1 aliphatic heterocycles. The van der Waals surface area contributed by atoms with Gasteiger partial charge in [0.05, 0.1) is 6.54 Å². The number of nitrogens with one attached hydrogen (secondary N) is 2. The molecule has 0 bridgehead atoms. The van der Waals surface area contributed by atoms with Crippen LogP contribution in [0.25, 0.3) is 0 Å². The van der Waals surface area contributed by atoms with Gasteiger partial charge in [0.1, 0.15) is 0 Å². The second-order valence-corrected chi connectivity index (χ2v) is 5.50. The highest BCUT2D eigenvalue weighted by Gasteiger charge is 2.23. The topological polar surface area (TPSA) is 44.4 Å². The summed E-state index contributed by atoms with van der Waals surface area (Å²) in [6.07, 6.45) is 6.18. The van der Waals surface area contributed by atoms with Gasteiger partial charge in [-0.05, 0) is 58.2 Å². The Bertz CT molecular complexity index is 245. The summed E-state index contributed by atoms with van der Waals surface area (Å²) >= 11 is 0. The van der Waals surface area contributed by atoms with Crippen molar-refractivity contribution in [3.8, 4) is 0 Å². The number of likely N-dealkylation sites (N-methyl/N-ethyl adjacent to an activating group) is 1. The molecule has 1 aliphatic carbocycles. The molecule has 17 heavy (non-hydrogen) atoms. The van der Waals surface area contributed by atoms with Crippen molar-refractivity contribution < 1.29 is 4.79 Å². The van der Waals surface area contributed by atoms with Gasteiger partial charge in [-0.3, -0.25) is 9.69 Å². The highest BCUT2D eigenvalue weighted by molar-refractivity contribution is 5.78. The molecule has 1 unspecified atom stereocenters. The van der Waals surface area contributed by atoms with Crippen molar-refractivity contribution in [1.29, 1.82) is 0 Å². The third kappa shape index (κ3) is 4.64. The van der Waals surface area contributed by atoms with Crippen LogP contribution in [-0.4, -0.2) is 50.1 Å². The number of amides is 1. The average Bonchev–Trinajstić information content (AvgIpc) is 3.13. The summed E-state index contributed by atoms with van der Waals surface area (Å²) in [5, 5.41) is 6.44. The second kappa shape index (κ2) is 6.36. The van der Waals surface area contributed by atoms with E-state index in [1.165, 1.54) is 25.7 Å². The van der Waals surface area contributed by atoms with Crippen LogP contribution in [0.3, 0.4) is 0 Å². The van der Waals surface area contributed by atoms with Crippen molar-refractivity contribution in [2.24, 2.45) is 5.92 Å². The third-order valence-corrected chi connectivity index (χ3v) is 3.85. The van der Waals surface area contributed by atoms with Gasteiger partial charge in [0.25, 0.3) is 0 Å². The molecule has 2 fully saturated rings. The van der Waals surface area contributed by atoms with Gasteiger partial charge in [0, 0.05) is 12.6 Å². The van der Waals surface area contributed by atoms with Crippen LogP contribution in [0.5, 0.6) is 0 Å². The van der Waals surface area contributed by atoms with Crippen LogP contribution < -0.4 is 10.6 Å². The maximum Gasteiger partial charge on any atom is 0.234 e. The monoisotopic (exact) mass is 239 g/mol. The van der Waals surface area contributed by atoms with Crippen molar-refractivity contribution in [2.45, 2.75) is 38.1 Å². The lowest BCUT2D eigenvalue weighted by Crippen LogP contribution is -2.41. The van der Waals surface area contributed by atoms with Crippen LogP contribution in [0, 0.1) is 5.92 Å². The Kier molecular flexibility index (Phi) is 4.80. The Morgan fingerprint density at radius 3 is 2.88 bits per heavy atom. The van der Waals surface area contributed by atoms with Crippen molar-refractivity contribution in [3.05, 3.63) is 0 Å². The van der Waals surface area contributed by atoms with E-state index in [0.29, 0.717) is 12.6 Å². The SMILES string of the molecule is CN(CC(=O)NCC1CC1)C1CCCNCC1. The second-order valence-electron chi connectivity index (χ2n) is 5.50. The Morgan fingerprint density at radius 1 is 1.29 bits per heavy atom. The third-order valence-electron chi connectivity index (χ3n) is 3.85. The molecule has 0 aromatic heterocycles. The standard InChI is InChI=1S/C13H25N3O/c1-16(12-3-2-7-14-8-6-12)10-13(17)15-9-11-4-5-11/h11-12,14H,2-10H2,1H3,(H,15,17). The molecule has 4 heteroatoms. The molecular formula is C13H25N3O. The minimum atomic E-state index is 0.191. The zero-order chi connectivity index (χ0) is 12.1. The summed E-state index contributed by atoms with van der Waals surface area (Å²) in [4.78, 5) is 14.0. The highest BCUT2D eigenvalue weighted by Crippen LogP contribution is 2.27. The van der Waals surface area contributed by atoms with Gasteiger partial charge in [-0.1, -0.05) is 0 Å². The first-order chi connectivity index (χ1) is 8.25. The van der Waals surface area contributed by atoms with Crippen LogP contribution >= 0.6 is 0 Å². The molecule has 0 aromatic carbocycles. The van der Waals surface area contributed by atoms with E-state index in [9.17, 15) is 4.79 Å². The smallest absolute Gasteiger partial charge is 0.234 e. The van der Waals surface area contributed by atoms with Gasteiger partial charge in [-0.15, -0.1) is 0 Å². The Labute approximate surface area is 104 Å². The maximum atomic E-state index is 11.7. The lowest BCUT2D eigenvalue weighted by molar-refractivity contribution is -0.122. The first-order valence-electron chi connectivity index (χ1n) is 6.93. The van der Waals surface area contributed by atoms with Gasteiger partial charge in [0.15, 0.2) is 0 Å². The van der Waals surface area contributed by atoms with Gasteiger partial charge < -0.3 is 10.6 Å². The summed E-state index contributed by atoms with van der Waals surface area (Å²) in [5.74, 6) is 0.961. The molecule has 1 saturated carbocycles. The van der Waals surface area contributed by atoms with E-state index in [-0.39, 0.29) is 5.91 Å². The van der Waals surface area contributed by atoms with Crippen molar-refractivity contribution in [3.63, 3.8) is 0 Å². The van der Waals surface area contributed by atoms with Crippen molar-refractivity contribution in [1.82, 2.24) is 15.5 Å². The van der Waals surface area contributed by atoms with Crippen molar-refractivity contribution in [2.75, 3.05) is 33.2 Å². The number of rotatable bonds is 5. The Hall–Kier alpha value is -0.610. The van der Waals surface area contributed by atoms with E-state index in [4.69, 9.17) is 0 Å².